The highest BCUT2D eigenvalue weighted by atomic mass is 32.2. The van der Waals surface area contributed by atoms with Crippen LogP contribution >= 0.6 is 0 Å². The molecule has 1 aromatic carbocycles. The zero-order chi connectivity index (χ0) is 14.8. The van der Waals surface area contributed by atoms with E-state index in [1.807, 2.05) is 0 Å². The Labute approximate surface area is 123 Å². The van der Waals surface area contributed by atoms with E-state index in [2.05, 4.69) is 9.97 Å². The monoisotopic (exact) mass is 305 g/mol. The van der Waals surface area contributed by atoms with Crippen LogP contribution in [0.4, 0.5) is 0 Å². The van der Waals surface area contributed by atoms with Crippen LogP contribution < -0.4 is 5.73 Å². The molecule has 1 aromatic heterocycles. The molecule has 0 aliphatic heterocycles. The summed E-state index contributed by atoms with van der Waals surface area (Å²) < 4.78 is 23.3. The Morgan fingerprint density at radius 3 is 2.71 bits per heavy atom. The van der Waals surface area contributed by atoms with Crippen LogP contribution in [-0.2, 0) is 9.84 Å². The minimum atomic E-state index is -3.20. The number of hydrogen-bond acceptors (Lipinski definition) is 4. The molecule has 2 aliphatic carbocycles. The number of aromatic amines is 1. The number of H-pyrrole nitrogens is 1. The number of aromatic nitrogens is 2. The van der Waals surface area contributed by atoms with E-state index >= 15 is 0 Å². The molecule has 2 aromatic rings. The number of nitrogens with one attached hydrogen (secondary N) is 1. The number of fused-ring (bicyclic) bond motifs is 3. The van der Waals surface area contributed by atoms with E-state index in [-0.39, 0.29) is 12.0 Å². The Hall–Kier alpha value is -1.40. The lowest BCUT2D eigenvalue weighted by Crippen LogP contribution is -2.34. The summed E-state index contributed by atoms with van der Waals surface area (Å²) in [7, 11) is -3.20. The first-order chi connectivity index (χ1) is 9.93. The first-order valence-electron chi connectivity index (χ1n) is 7.39. The summed E-state index contributed by atoms with van der Waals surface area (Å²) in [6.07, 6.45) is 4.89. The minimum Gasteiger partial charge on any atom is -0.342 e. The van der Waals surface area contributed by atoms with Crippen molar-refractivity contribution in [3.63, 3.8) is 0 Å². The third-order valence-corrected chi connectivity index (χ3v) is 6.31. The van der Waals surface area contributed by atoms with Crippen LogP contribution in [-0.4, -0.2) is 30.7 Å². The highest BCUT2D eigenvalue weighted by Crippen LogP contribution is 2.51. The largest absolute Gasteiger partial charge is 0.342 e. The van der Waals surface area contributed by atoms with Gasteiger partial charge in [0.05, 0.1) is 15.9 Å². The molecule has 0 saturated heterocycles. The van der Waals surface area contributed by atoms with Gasteiger partial charge in [0, 0.05) is 18.2 Å². The van der Waals surface area contributed by atoms with Gasteiger partial charge < -0.3 is 10.7 Å². The predicted molar refractivity (Wildman–Crippen MR) is 80.8 cm³/mol. The maximum atomic E-state index is 11.6. The van der Waals surface area contributed by atoms with Gasteiger partial charge in [-0.15, -0.1) is 0 Å². The van der Waals surface area contributed by atoms with Gasteiger partial charge in [0.25, 0.3) is 0 Å². The van der Waals surface area contributed by atoms with E-state index in [0.717, 1.165) is 16.9 Å². The average molecular weight is 305 g/mol. The van der Waals surface area contributed by atoms with Crippen molar-refractivity contribution in [2.45, 2.75) is 36.1 Å². The molecule has 1 heterocycles. The Bertz CT molecular complexity index is 809. The topological polar surface area (TPSA) is 88.8 Å². The second-order valence-electron chi connectivity index (χ2n) is 6.51. The van der Waals surface area contributed by atoms with Crippen molar-refractivity contribution in [1.29, 1.82) is 0 Å². The molecule has 0 spiro atoms. The molecular formula is C15H19N3O2S. The number of hydrogen-bond donors (Lipinski definition) is 2. The molecule has 21 heavy (non-hydrogen) atoms. The summed E-state index contributed by atoms with van der Waals surface area (Å²) >= 11 is 0. The fraction of sp³-hybridized carbons (Fsp3) is 0.533. The Morgan fingerprint density at radius 1 is 1.29 bits per heavy atom. The normalized spacial score (nSPS) is 32.1. The van der Waals surface area contributed by atoms with E-state index in [1.165, 1.54) is 25.5 Å². The molecule has 2 bridgehead atoms. The van der Waals surface area contributed by atoms with Gasteiger partial charge in [0.1, 0.15) is 5.82 Å². The summed E-state index contributed by atoms with van der Waals surface area (Å²) in [4.78, 5) is 8.29. The molecule has 5 nitrogen and oxygen atoms in total. The van der Waals surface area contributed by atoms with E-state index in [0.29, 0.717) is 16.7 Å². The first kappa shape index (κ1) is 13.3. The zero-order valence-electron chi connectivity index (χ0n) is 11.9. The number of nitrogens with two attached hydrogens (primary N) is 1. The maximum absolute atomic E-state index is 11.6. The van der Waals surface area contributed by atoms with Gasteiger partial charge in [-0.1, -0.05) is 0 Å². The van der Waals surface area contributed by atoms with Gasteiger partial charge in [-0.2, -0.15) is 0 Å². The SMILES string of the molecule is CS(=O)(=O)c1ccc2nc(C3C4CCC(C4)C3N)[nH]c2c1. The fourth-order valence-corrected chi connectivity index (χ4v) is 4.79. The summed E-state index contributed by atoms with van der Waals surface area (Å²) in [6.45, 7) is 0. The smallest absolute Gasteiger partial charge is 0.175 e. The summed E-state index contributed by atoms with van der Waals surface area (Å²) in [5.74, 6) is 2.47. The van der Waals surface area contributed by atoms with Crippen molar-refractivity contribution in [3.8, 4) is 0 Å². The fourth-order valence-electron chi connectivity index (χ4n) is 4.14. The number of imidazole rings is 1. The lowest BCUT2D eigenvalue weighted by molar-refractivity contribution is 0.356. The van der Waals surface area contributed by atoms with Crippen molar-refractivity contribution < 1.29 is 8.42 Å². The number of rotatable bonds is 2. The molecule has 4 atom stereocenters. The second kappa shape index (κ2) is 4.30. The van der Waals surface area contributed by atoms with Crippen molar-refractivity contribution in [2.75, 3.05) is 6.26 Å². The Balaban J connectivity index is 1.78. The number of nitrogens with zero attached hydrogens (tertiary/aromatic N) is 1. The quantitative estimate of drug-likeness (QED) is 0.885. The van der Waals surface area contributed by atoms with Crippen LogP contribution in [0.1, 0.15) is 31.0 Å². The lowest BCUT2D eigenvalue weighted by Gasteiger charge is -2.26. The van der Waals surface area contributed by atoms with Crippen molar-refractivity contribution in [1.82, 2.24) is 9.97 Å². The third kappa shape index (κ3) is 2.00. The average Bonchev–Trinajstić information content (AvgIpc) is 3.09. The van der Waals surface area contributed by atoms with Crippen LogP contribution in [0.15, 0.2) is 23.1 Å². The predicted octanol–water partition coefficient (Wildman–Crippen LogP) is 1.81. The Morgan fingerprint density at radius 2 is 2.05 bits per heavy atom. The van der Waals surface area contributed by atoms with Crippen molar-refractivity contribution >= 4 is 20.9 Å². The van der Waals surface area contributed by atoms with Crippen LogP contribution in [0.2, 0.25) is 0 Å². The van der Waals surface area contributed by atoms with Crippen LogP contribution in [0.25, 0.3) is 11.0 Å². The maximum Gasteiger partial charge on any atom is 0.175 e. The third-order valence-electron chi connectivity index (χ3n) is 5.20. The number of benzene rings is 1. The highest BCUT2D eigenvalue weighted by molar-refractivity contribution is 7.90. The molecule has 2 fully saturated rings. The highest BCUT2D eigenvalue weighted by Gasteiger charge is 2.47. The minimum absolute atomic E-state index is 0.179. The van der Waals surface area contributed by atoms with Crippen LogP contribution in [0.3, 0.4) is 0 Å². The molecule has 4 rings (SSSR count). The molecule has 2 saturated carbocycles. The van der Waals surface area contributed by atoms with Gasteiger partial charge in [0.15, 0.2) is 9.84 Å². The lowest BCUT2D eigenvalue weighted by atomic mass is 9.84. The van der Waals surface area contributed by atoms with Crippen molar-refractivity contribution in [3.05, 3.63) is 24.0 Å². The molecule has 112 valence electrons. The van der Waals surface area contributed by atoms with Crippen LogP contribution in [0, 0.1) is 11.8 Å². The molecule has 3 N–H and O–H groups in total. The molecule has 0 amide bonds. The Kier molecular flexibility index (Phi) is 2.72. The molecule has 0 radical (unpaired) electrons. The molecule has 2 aliphatic rings. The standard InChI is InChI=1S/C15H19N3O2S/c1-21(19,20)10-4-5-11-12(7-10)18-15(17-11)13-8-2-3-9(6-8)14(13)16/h4-5,7-9,13-14H,2-3,6,16H2,1H3,(H,17,18). The molecular weight excluding hydrogens is 286 g/mol. The summed E-state index contributed by atoms with van der Waals surface area (Å²) in [5, 5.41) is 0. The number of sulfone groups is 1. The first-order valence-corrected chi connectivity index (χ1v) is 9.28. The summed E-state index contributed by atoms with van der Waals surface area (Å²) in [6, 6.07) is 5.23. The van der Waals surface area contributed by atoms with E-state index in [9.17, 15) is 8.42 Å². The van der Waals surface area contributed by atoms with E-state index in [1.54, 1.807) is 18.2 Å². The molecule has 6 heteroatoms. The van der Waals surface area contributed by atoms with Gasteiger partial charge >= 0.3 is 0 Å². The molecule has 4 unspecified atom stereocenters. The van der Waals surface area contributed by atoms with Crippen LogP contribution in [0.5, 0.6) is 0 Å². The van der Waals surface area contributed by atoms with Crippen molar-refractivity contribution in [2.24, 2.45) is 17.6 Å². The van der Waals surface area contributed by atoms with E-state index < -0.39 is 9.84 Å². The summed E-state index contributed by atoms with van der Waals surface area (Å²) in [5.41, 5.74) is 7.95. The van der Waals surface area contributed by atoms with Gasteiger partial charge in [-0.05, 0) is 49.3 Å². The van der Waals surface area contributed by atoms with E-state index in [4.69, 9.17) is 5.73 Å². The zero-order valence-corrected chi connectivity index (χ0v) is 12.7. The van der Waals surface area contributed by atoms with Gasteiger partial charge in [-0.25, -0.2) is 13.4 Å². The van der Waals surface area contributed by atoms with Gasteiger partial charge in [0.2, 0.25) is 0 Å². The second-order valence-corrected chi connectivity index (χ2v) is 8.53. The van der Waals surface area contributed by atoms with Gasteiger partial charge in [-0.3, -0.25) is 0 Å².